The molecule has 0 bridgehead atoms. The van der Waals surface area contributed by atoms with Crippen LogP contribution in [0.15, 0.2) is 34.2 Å². The van der Waals surface area contributed by atoms with Crippen molar-refractivity contribution < 1.29 is 4.74 Å². The number of thioether (sulfide) groups is 1. The van der Waals surface area contributed by atoms with Gasteiger partial charge in [-0.1, -0.05) is 23.9 Å². The molecule has 164 valence electrons. The number of benzene rings is 1. The lowest BCUT2D eigenvalue weighted by molar-refractivity contribution is 0.0410. The van der Waals surface area contributed by atoms with E-state index in [1.165, 1.54) is 10.4 Å². The molecule has 5 rings (SSSR count). The third-order valence-corrected chi connectivity index (χ3v) is 8.07. The molecule has 8 heteroatoms. The zero-order valence-electron chi connectivity index (χ0n) is 18.1. The number of aromatic nitrogens is 2. The van der Waals surface area contributed by atoms with Crippen LogP contribution in [-0.4, -0.2) is 71.5 Å². The Kier molecular flexibility index (Phi) is 6.16. The molecule has 0 N–H and O–H groups in total. The van der Waals surface area contributed by atoms with Crippen LogP contribution in [0.25, 0.3) is 15.9 Å². The number of ether oxygens (including phenoxy) is 1. The van der Waals surface area contributed by atoms with Crippen molar-refractivity contribution in [1.29, 1.82) is 0 Å². The predicted molar refractivity (Wildman–Crippen MR) is 128 cm³/mol. The molecule has 2 aliphatic heterocycles. The first-order valence-corrected chi connectivity index (χ1v) is 12.7. The summed E-state index contributed by atoms with van der Waals surface area (Å²) in [6.45, 7) is 8.48. The van der Waals surface area contributed by atoms with Gasteiger partial charge in [0.1, 0.15) is 4.83 Å². The van der Waals surface area contributed by atoms with Gasteiger partial charge in [0.25, 0.3) is 5.56 Å². The smallest absolute Gasteiger partial charge is 0.267 e. The van der Waals surface area contributed by atoms with Crippen molar-refractivity contribution in [2.24, 2.45) is 0 Å². The molecule has 1 fully saturated rings. The van der Waals surface area contributed by atoms with Crippen LogP contribution in [0.5, 0.6) is 0 Å². The second kappa shape index (κ2) is 9.03. The zero-order valence-corrected chi connectivity index (χ0v) is 19.7. The minimum Gasteiger partial charge on any atom is -0.379 e. The fourth-order valence-electron chi connectivity index (χ4n) is 4.33. The second-order valence-electron chi connectivity index (χ2n) is 8.35. The van der Waals surface area contributed by atoms with Gasteiger partial charge >= 0.3 is 0 Å². The van der Waals surface area contributed by atoms with E-state index in [-0.39, 0.29) is 5.56 Å². The Hall–Kier alpha value is -1.71. The van der Waals surface area contributed by atoms with Gasteiger partial charge in [-0.3, -0.25) is 14.3 Å². The zero-order chi connectivity index (χ0) is 21.4. The third kappa shape index (κ3) is 4.32. The van der Waals surface area contributed by atoms with Gasteiger partial charge in [0.2, 0.25) is 0 Å². The highest BCUT2D eigenvalue weighted by atomic mass is 32.2. The van der Waals surface area contributed by atoms with E-state index in [9.17, 15) is 4.79 Å². The summed E-state index contributed by atoms with van der Waals surface area (Å²) in [5.74, 6) is 0.900. The van der Waals surface area contributed by atoms with Crippen LogP contribution in [0.4, 0.5) is 0 Å². The first-order valence-electron chi connectivity index (χ1n) is 10.9. The van der Waals surface area contributed by atoms with Gasteiger partial charge < -0.3 is 9.64 Å². The number of aryl methyl sites for hydroxylation is 1. The van der Waals surface area contributed by atoms with Crippen molar-refractivity contribution in [3.8, 4) is 5.69 Å². The van der Waals surface area contributed by atoms with Crippen LogP contribution >= 0.6 is 23.1 Å². The average molecular weight is 457 g/mol. The molecule has 1 saturated heterocycles. The quantitative estimate of drug-likeness (QED) is 0.434. The Morgan fingerprint density at radius 2 is 2.06 bits per heavy atom. The van der Waals surface area contributed by atoms with Crippen molar-refractivity contribution in [2.75, 3.05) is 52.2 Å². The molecule has 2 aromatic heterocycles. The minimum absolute atomic E-state index is 0.0755. The molecule has 31 heavy (non-hydrogen) atoms. The molecule has 0 atom stereocenters. The van der Waals surface area contributed by atoms with Crippen molar-refractivity contribution in [3.63, 3.8) is 0 Å². The van der Waals surface area contributed by atoms with Gasteiger partial charge in [0.05, 0.1) is 24.3 Å². The van der Waals surface area contributed by atoms with E-state index in [4.69, 9.17) is 9.72 Å². The number of fused-ring (bicyclic) bond motifs is 3. The topological polar surface area (TPSA) is 50.6 Å². The lowest BCUT2D eigenvalue weighted by atomic mass is 10.1. The Balaban J connectivity index is 1.55. The number of likely N-dealkylation sites (N-methyl/N-ethyl adjacent to an activating group) is 1. The predicted octanol–water partition coefficient (Wildman–Crippen LogP) is 3.17. The van der Waals surface area contributed by atoms with E-state index >= 15 is 0 Å². The monoisotopic (exact) mass is 456 g/mol. The van der Waals surface area contributed by atoms with E-state index in [1.54, 1.807) is 23.1 Å². The minimum atomic E-state index is 0.0755. The van der Waals surface area contributed by atoms with Crippen molar-refractivity contribution >= 4 is 33.3 Å². The maximum Gasteiger partial charge on any atom is 0.267 e. The molecule has 0 aliphatic carbocycles. The van der Waals surface area contributed by atoms with Crippen LogP contribution in [0.1, 0.15) is 16.0 Å². The summed E-state index contributed by atoms with van der Waals surface area (Å²) in [5, 5.41) is 1.62. The summed E-state index contributed by atoms with van der Waals surface area (Å²) in [5.41, 5.74) is 3.33. The van der Waals surface area contributed by atoms with Crippen LogP contribution in [0.2, 0.25) is 0 Å². The highest BCUT2D eigenvalue weighted by Gasteiger charge is 2.24. The first-order chi connectivity index (χ1) is 15.1. The largest absolute Gasteiger partial charge is 0.379 e. The normalized spacial score (nSPS) is 17.9. The van der Waals surface area contributed by atoms with E-state index in [0.717, 1.165) is 84.7 Å². The van der Waals surface area contributed by atoms with Gasteiger partial charge in [-0.15, -0.1) is 11.3 Å². The Labute approximate surface area is 190 Å². The fraction of sp³-hybridized carbons (Fsp3) is 0.478. The molecule has 0 saturated carbocycles. The Bertz CT molecular complexity index is 1150. The van der Waals surface area contributed by atoms with Crippen LogP contribution < -0.4 is 5.56 Å². The van der Waals surface area contributed by atoms with Gasteiger partial charge in [0, 0.05) is 43.4 Å². The molecule has 0 radical (unpaired) electrons. The van der Waals surface area contributed by atoms with Crippen molar-refractivity contribution in [2.45, 2.75) is 25.0 Å². The van der Waals surface area contributed by atoms with E-state index in [0.29, 0.717) is 0 Å². The summed E-state index contributed by atoms with van der Waals surface area (Å²) < 4.78 is 7.29. The maximum absolute atomic E-state index is 13.8. The molecular weight excluding hydrogens is 428 g/mol. The lowest BCUT2D eigenvalue weighted by Crippen LogP contribution is -2.37. The molecule has 0 unspecified atom stereocenters. The third-order valence-electron chi connectivity index (χ3n) is 6.04. The van der Waals surface area contributed by atoms with Crippen molar-refractivity contribution in [3.05, 3.63) is 50.6 Å². The Morgan fingerprint density at radius 1 is 1.23 bits per heavy atom. The van der Waals surface area contributed by atoms with Gasteiger partial charge in [-0.2, -0.15) is 0 Å². The fourth-order valence-corrected chi connectivity index (χ4v) is 6.69. The molecule has 6 nitrogen and oxygen atoms in total. The molecule has 1 aromatic carbocycles. The molecule has 0 spiro atoms. The highest BCUT2D eigenvalue weighted by Crippen LogP contribution is 2.34. The molecule has 4 heterocycles. The lowest BCUT2D eigenvalue weighted by Gasteiger charge is -2.26. The van der Waals surface area contributed by atoms with Gasteiger partial charge in [-0.25, -0.2) is 4.98 Å². The molecule has 0 amide bonds. The molecule has 2 aliphatic rings. The summed E-state index contributed by atoms with van der Waals surface area (Å²) in [6, 6.07) is 8.17. The SMILES string of the molecule is Cc1cccc(-n2c(SCCN3CCOCC3)nc3sc4c(c3c2=O)CCN(C)C4)c1. The van der Waals surface area contributed by atoms with Crippen LogP contribution in [-0.2, 0) is 17.7 Å². The Morgan fingerprint density at radius 3 is 2.87 bits per heavy atom. The number of nitrogens with zero attached hydrogens (tertiary/aromatic N) is 4. The summed E-state index contributed by atoms with van der Waals surface area (Å²) in [6.07, 6.45) is 0.917. The van der Waals surface area contributed by atoms with Gasteiger partial charge in [0.15, 0.2) is 5.16 Å². The summed E-state index contributed by atoms with van der Waals surface area (Å²) in [4.78, 5) is 25.8. The summed E-state index contributed by atoms with van der Waals surface area (Å²) >= 11 is 3.38. The summed E-state index contributed by atoms with van der Waals surface area (Å²) in [7, 11) is 2.14. The second-order valence-corrected chi connectivity index (χ2v) is 10.5. The number of rotatable bonds is 5. The van der Waals surface area contributed by atoms with E-state index in [2.05, 4.69) is 35.9 Å². The maximum atomic E-state index is 13.8. The number of morpholine rings is 1. The number of hydrogen-bond donors (Lipinski definition) is 0. The van der Waals surface area contributed by atoms with E-state index < -0.39 is 0 Å². The van der Waals surface area contributed by atoms with Crippen LogP contribution in [0, 0.1) is 6.92 Å². The number of hydrogen-bond acceptors (Lipinski definition) is 7. The van der Waals surface area contributed by atoms with Crippen molar-refractivity contribution in [1.82, 2.24) is 19.4 Å². The van der Waals surface area contributed by atoms with Gasteiger partial charge in [-0.05, 0) is 43.7 Å². The molecule has 3 aromatic rings. The highest BCUT2D eigenvalue weighted by molar-refractivity contribution is 7.99. The first kappa shape index (κ1) is 21.2. The van der Waals surface area contributed by atoms with Crippen LogP contribution in [0.3, 0.4) is 0 Å². The molecular formula is C23H28N4O2S2. The number of thiophene rings is 1. The average Bonchev–Trinajstić information content (AvgIpc) is 3.12. The van der Waals surface area contributed by atoms with E-state index in [1.807, 2.05) is 16.7 Å². The standard InChI is InChI=1S/C23H28N4O2S2/c1-16-4-3-5-17(14-16)27-22(28)20-18-6-7-25(2)15-19(18)31-21(20)24-23(27)30-13-10-26-8-11-29-12-9-26/h3-5,14H,6-13,15H2,1-2H3.